The molecule has 2 aromatic heterocycles. The number of nitrogens with zero attached hydrogens (tertiary/aromatic N) is 6. The van der Waals surface area contributed by atoms with Crippen molar-refractivity contribution in [1.82, 2.24) is 24.6 Å². The van der Waals surface area contributed by atoms with Crippen LogP contribution in [0.25, 0.3) is 22.0 Å². The summed E-state index contributed by atoms with van der Waals surface area (Å²) < 4.78 is 54.4. The number of imide groups is 1. The number of amides is 2. The standard InChI is InChI=1S/C48H55F3N8O4/c1-29-19-38-43(55(2)48(29)62)22-35(63-3)23-44(38)59-14-4-5-32-20-36(37(46(50)51)24-42(32)59)33-25-52-58(28-33)27-31-10-15-56(16-11-31)26-30-12-17-57(18-13-30)41-8-6-34(21-39(41)49)53-40-7-9-45(60)54-47(40)61/h6,8,19-25,28,30-31,40,46,53H,4-5,7,9-18,26-27H2,1-3H3,(H,54,60,61). The van der Waals surface area contributed by atoms with E-state index in [0.717, 1.165) is 106 Å². The molecule has 332 valence electrons. The second kappa shape index (κ2) is 17.7. The van der Waals surface area contributed by atoms with Gasteiger partial charge in [0.25, 0.3) is 12.0 Å². The average molecular weight is 865 g/mol. The van der Waals surface area contributed by atoms with Crippen molar-refractivity contribution >= 4 is 45.5 Å². The highest BCUT2D eigenvalue weighted by Crippen LogP contribution is 2.44. The van der Waals surface area contributed by atoms with Gasteiger partial charge in [-0.2, -0.15) is 5.10 Å². The molecule has 0 bridgehead atoms. The summed E-state index contributed by atoms with van der Waals surface area (Å²) in [4.78, 5) is 43.2. The van der Waals surface area contributed by atoms with Gasteiger partial charge in [0, 0.05) is 98.0 Å². The van der Waals surface area contributed by atoms with Crippen LogP contribution in [-0.4, -0.2) is 83.5 Å². The number of hydrogen-bond donors (Lipinski definition) is 2. The summed E-state index contributed by atoms with van der Waals surface area (Å²) in [6.07, 6.45) is 7.19. The Morgan fingerprint density at radius 1 is 0.873 bits per heavy atom. The highest BCUT2D eigenvalue weighted by Gasteiger charge is 2.30. The predicted octanol–water partition coefficient (Wildman–Crippen LogP) is 7.73. The van der Waals surface area contributed by atoms with E-state index in [2.05, 4.69) is 30.4 Å². The van der Waals surface area contributed by atoms with Gasteiger partial charge in [-0.3, -0.25) is 24.4 Å². The lowest BCUT2D eigenvalue weighted by molar-refractivity contribution is -0.133. The Bertz CT molecular complexity index is 2590. The first-order valence-corrected chi connectivity index (χ1v) is 22.2. The lowest BCUT2D eigenvalue weighted by Crippen LogP contribution is -2.47. The van der Waals surface area contributed by atoms with Crippen LogP contribution in [0.15, 0.2) is 65.7 Å². The van der Waals surface area contributed by atoms with E-state index in [1.165, 1.54) is 6.07 Å². The summed E-state index contributed by atoms with van der Waals surface area (Å²) in [5, 5.41) is 10.9. The number of aryl methyl sites for hydroxylation is 3. The Hall–Kier alpha value is -5.83. The number of likely N-dealkylation sites (tertiary alicyclic amines) is 1. The minimum atomic E-state index is -2.69. The summed E-state index contributed by atoms with van der Waals surface area (Å²) in [7, 11) is 3.33. The van der Waals surface area contributed by atoms with Gasteiger partial charge in [-0.25, -0.2) is 13.2 Å². The smallest absolute Gasteiger partial charge is 0.264 e. The highest BCUT2D eigenvalue weighted by atomic mass is 19.3. The zero-order valence-electron chi connectivity index (χ0n) is 36.1. The quantitative estimate of drug-likeness (QED) is 0.129. The lowest BCUT2D eigenvalue weighted by atomic mass is 9.92. The molecule has 0 spiro atoms. The molecule has 0 aliphatic carbocycles. The summed E-state index contributed by atoms with van der Waals surface area (Å²) in [5.41, 5.74) is 6.04. The first-order chi connectivity index (χ1) is 30.4. The summed E-state index contributed by atoms with van der Waals surface area (Å²) in [6.45, 7) is 7.71. The Balaban J connectivity index is 0.806. The zero-order chi connectivity index (χ0) is 43.9. The van der Waals surface area contributed by atoms with E-state index in [1.54, 1.807) is 50.0 Å². The molecule has 63 heavy (non-hydrogen) atoms. The van der Waals surface area contributed by atoms with Crippen LogP contribution in [-0.2, 0) is 29.6 Å². The second-order valence-electron chi connectivity index (χ2n) is 17.8. The van der Waals surface area contributed by atoms with Crippen LogP contribution in [0.3, 0.4) is 0 Å². The molecule has 3 saturated heterocycles. The maximum absolute atomic E-state index is 15.3. The first kappa shape index (κ1) is 42.5. The molecule has 3 fully saturated rings. The number of carbonyl (C=O) groups is 2. The largest absolute Gasteiger partial charge is 0.497 e. The minimum absolute atomic E-state index is 0.0301. The Morgan fingerprint density at radius 3 is 2.37 bits per heavy atom. The fraction of sp³-hybridized carbons (Fsp3) is 0.458. The number of nitrogens with one attached hydrogen (secondary N) is 2. The number of alkyl halides is 2. The number of rotatable bonds is 11. The third-order valence-corrected chi connectivity index (χ3v) is 13.7. The van der Waals surface area contributed by atoms with E-state index in [9.17, 15) is 23.2 Å². The highest BCUT2D eigenvalue weighted by molar-refractivity contribution is 6.01. The number of anilines is 4. The fourth-order valence-electron chi connectivity index (χ4n) is 10.2. The van der Waals surface area contributed by atoms with Crippen molar-refractivity contribution in [1.29, 1.82) is 0 Å². The minimum Gasteiger partial charge on any atom is -0.497 e. The van der Waals surface area contributed by atoms with Crippen molar-refractivity contribution in [2.24, 2.45) is 18.9 Å². The predicted molar refractivity (Wildman–Crippen MR) is 239 cm³/mol. The molecule has 6 heterocycles. The van der Waals surface area contributed by atoms with Crippen LogP contribution < -0.4 is 30.7 Å². The molecule has 2 amide bonds. The molecule has 1 unspecified atom stereocenters. The molecule has 0 saturated carbocycles. The number of benzene rings is 3. The molecule has 4 aliphatic heterocycles. The van der Waals surface area contributed by atoms with Crippen LogP contribution in [0.4, 0.5) is 35.9 Å². The van der Waals surface area contributed by atoms with Gasteiger partial charge in [-0.15, -0.1) is 0 Å². The van der Waals surface area contributed by atoms with Gasteiger partial charge < -0.3 is 29.3 Å². The van der Waals surface area contributed by atoms with Crippen LogP contribution in [0.5, 0.6) is 5.75 Å². The molecule has 0 radical (unpaired) electrons. The van der Waals surface area contributed by atoms with Crippen molar-refractivity contribution in [3.63, 3.8) is 0 Å². The molecule has 4 aliphatic rings. The van der Waals surface area contributed by atoms with E-state index in [-0.39, 0.29) is 35.2 Å². The summed E-state index contributed by atoms with van der Waals surface area (Å²) in [5.74, 6) is 0.556. The second-order valence-corrected chi connectivity index (χ2v) is 17.8. The third-order valence-electron chi connectivity index (χ3n) is 13.7. The van der Waals surface area contributed by atoms with Crippen LogP contribution in [0.1, 0.15) is 68.1 Å². The van der Waals surface area contributed by atoms with Gasteiger partial charge in [0.15, 0.2) is 0 Å². The number of methoxy groups -OCH3 is 1. The molecule has 15 heteroatoms. The number of halogens is 3. The average Bonchev–Trinajstić information content (AvgIpc) is 3.75. The van der Waals surface area contributed by atoms with Gasteiger partial charge in [-0.05, 0) is 124 Å². The van der Waals surface area contributed by atoms with Crippen molar-refractivity contribution in [3.05, 3.63) is 93.8 Å². The van der Waals surface area contributed by atoms with Crippen molar-refractivity contribution in [2.75, 3.05) is 61.5 Å². The topological polar surface area (TPSA) is 117 Å². The number of hydrogen-bond acceptors (Lipinski definition) is 9. The SMILES string of the molecule is COc1cc(N2CCCc3cc(-c4cnn(CC5CCN(CC6CCN(c7ccc(NC8CCC(=O)NC8=O)cc7F)CC6)CC5)c4)c(C(F)F)cc32)c2cc(C)c(=O)n(C)c2c1. The van der Waals surface area contributed by atoms with Crippen molar-refractivity contribution in [2.45, 2.75) is 77.3 Å². The Morgan fingerprint density at radius 2 is 1.63 bits per heavy atom. The zero-order valence-corrected chi connectivity index (χ0v) is 36.1. The molecule has 3 aromatic carbocycles. The molecular formula is C48H55F3N8O4. The number of carbonyl (C=O) groups excluding carboxylic acids is 2. The summed E-state index contributed by atoms with van der Waals surface area (Å²) >= 11 is 0. The maximum Gasteiger partial charge on any atom is 0.264 e. The van der Waals surface area contributed by atoms with E-state index in [1.807, 2.05) is 35.1 Å². The van der Waals surface area contributed by atoms with E-state index in [4.69, 9.17) is 4.74 Å². The number of aromatic nitrogens is 3. The van der Waals surface area contributed by atoms with Crippen LogP contribution in [0, 0.1) is 24.6 Å². The van der Waals surface area contributed by atoms with E-state index in [0.29, 0.717) is 58.6 Å². The molecule has 2 N–H and O–H groups in total. The number of fused-ring (bicyclic) bond motifs is 2. The third kappa shape index (κ3) is 8.76. The van der Waals surface area contributed by atoms with E-state index >= 15 is 4.39 Å². The van der Waals surface area contributed by atoms with Gasteiger partial charge in [0.1, 0.15) is 17.6 Å². The number of pyridine rings is 1. The van der Waals surface area contributed by atoms with Gasteiger partial charge in [0.2, 0.25) is 11.8 Å². The molecule has 12 nitrogen and oxygen atoms in total. The Labute approximate surface area is 365 Å². The molecular weight excluding hydrogens is 810 g/mol. The number of piperidine rings is 3. The lowest BCUT2D eigenvalue weighted by Gasteiger charge is -2.38. The maximum atomic E-state index is 15.3. The molecule has 1 atom stereocenters. The van der Waals surface area contributed by atoms with Crippen LogP contribution >= 0.6 is 0 Å². The Kier molecular flexibility index (Phi) is 12.0. The van der Waals surface area contributed by atoms with Crippen molar-refractivity contribution < 1.29 is 27.5 Å². The number of ether oxygens (including phenoxy) is 1. The van der Waals surface area contributed by atoms with Crippen LogP contribution in [0.2, 0.25) is 0 Å². The molecule has 9 rings (SSSR count). The van der Waals surface area contributed by atoms with Crippen molar-refractivity contribution in [3.8, 4) is 16.9 Å². The van der Waals surface area contributed by atoms with E-state index < -0.39 is 12.5 Å². The first-order valence-electron chi connectivity index (χ1n) is 22.2. The normalized spacial score (nSPS) is 19.2. The fourth-order valence-corrected chi connectivity index (χ4v) is 10.2. The van der Waals surface area contributed by atoms with Gasteiger partial charge >= 0.3 is 0 Å². The summed E-state index contributed by atoms with van der Waals surface area (Å²) in [6, 6.07) is 13.7. The monoisotopic (exact) mass is 864 g/mol. The van der Waals surface area contributed by atoms with Gasteiger partial charge in [-0.1, -0.05) is 0 Å². The van der Waals surface area contributed by atoms with Gasteiger partial charge in [0.05, 0.1) is 30.2 Å². The molecule has 5 aromatic rings.